The van der Waals surface area contributed by atoms with Crippen molar-refractivity contribution >= 4 is 23.7 Å². The lowest BCUT2D eigenvalue weighted by molar-refractivity contribution is -0.142. The monoisotopic (exact) mass is 459 g/mol. The number of fused-ring (bicyclic) bond motifs is 1. The molecule has 1 aliphatic rings. The highest BCUT2D eigenvalue weighted by Crippen LogP contribution is 2.35. The van der Waals surface area contributed by atoms with Gasteiger partial charge in [-0.3, -0.25) is 9.59 Å². The van der Waals surface area contributed by atoms with Crippen LogP contribution in [0.2, 0.25) is 0 Å². The average molecular weight is 459 g/mol. The minimum absolute atomic E-state index is 0.158. The maximum Gasteiger partial charge on any atom is 0.330 e. The van der Waals surface area contributed by atoms with E-state index in [1.807, 2.05) is 12.1 Å². The number of aliphatic carboxylic acids is 1. The molecule has 3 aromatic carbocycles. The molecule has 0 fully saturated rings. The lowest BCUT2D eigenvalue weighted by Gasteiger charge is -2.15. The molecule has 3 aromatic rings. The molecule has 4 rings (SSSR count). The van der Waals surface area contributed by atoms with Gasteiger partial charge in [0.05, 0.1) is 12.7 Å². The number of amides is 1. The number of carbonyl (C=O) groups is 3. The summed E-state index contributed by atoms with van der Waals surface area (Å²) >= 11 is 0. The highest BCUT2D eigenvalue weighted by atomic mass is 16.5. The van der Waals surface area contributed by atoms with Gasteiger partial charge in [-0.25, -0.2) is 4.79 Å². The number of ketones is 1. The summed E-state index contributed by atoms with van der Waals surface area (Å²) in [4.78, 5) is 36.5. The largest absolute Gasteiger partial charge is 0.497 e. The van der Waals surface area contributed by atoms with E-state index in [0.29, 0.717) is 28.4 Å². The molecule has 0 saturated heterocycles. The smallest absolute Gasteiger partial charge is 0.330 e. The molecule has 0 unspecified atom stereocenters. The summed E-state index contributed by atoms with van der Waals surface area (Å²) in [5.74, 6) is -0.629. The first-order valence-corrected chi connectivity index (χ1v) is 10.4. The molecule has 0 aromatic heterocycles. The number of nitrogens with one attached hydrogen (secondary N) is 1. The van der Waals surface area contributed by atoms with Gasteiger partial charge in [-0.15, -0.1) is 0 Å². The Kier molecular flexibility index (Phi) is 6.59. The van der Waals surface area contributed by atoms with Gasteiger partial charge >= 0.3 is 5.97 Å². The number of hydrogen-bond donors (Lipinski definition) is 2. The van der Waals surface area contributed by atoms with E-state index >= 15 is 0 Å². The molecule has 0 spiro atoms. The number of carbonyl (C=O) groups excluding carboxylic acids is 2. The first kappa shape index (κ1) is 22.6. The Hall–Kier alpha value is -4.59. The van der Waals surface area contributed by atoms with E-state index in [0.717, 1.165) is 5.56 Å². The molecule has 0 aliphatic carbocycles. The third-order valence-electron chi connectivity index (χ3n) is 5.09. The second-order valence-corrected chi connectivity index (χ2v) is 7.41. The van der Waals surface area contributed by atoms with E-state index < -0.39 is 24.5 Å². The zero-order valence-corrected chi connectivity index (χ0v) is 18.2. The number of rotatable bonds is 8. The predicted molar refractivity (Wildman–Crippen MR) is 123 cm³/mol. The number of allylic oxidation sites excluding steroid dienone is 1. The predicted octanol–water partition coefficient (Wildman–Crippen LogP) is 3.63. The molecule has 0 bridgehead atoms. The van der Waals surface area contributed by atoms with Gasteiger partial charge in [-0.1, -0.05) is 42.5 Å². The fourth-order valence-corrected chi connectivity index (χ4v) is 3.42. The molecule has 0 radical (unpaired) electrons. The van der Waals surface area contributed by atoms with Crippen LogP contribution in [0.1, 0.15) is 27.5 Å². The molecular formula is C26H21NO7. The van der Waals surface area contributed by atoms with E-state index in [-0.39, 0.29) is 11.5 Å². The molecular weight excluding hydrogens is 438 g/mol. The van der Waals surface area contributed by atoms with Crippen molar-refractivity contribution in [2.45, 2.75) is 6.04 Å². The maximum absolute atomic E-state index is 12.7. The first-order chi connectivity index (χ1) is 16.4. The molecule has 172 valence electrons. The fourth-order valence-electron chi connectivity index (χ4n) is 3.42. The van der Waals surface area contributed by atoms with E-state index in [9.17, 15) is 19.5 Å². The van der Waals surface area contributed by atoms with Gasteiger partial charge in [0.15, 0.2) is 18.4 Å². The molecule has 1 heterocycles. The summed E-state index contributed by atoms with van der Waals surface area (Å²) in [5.41, 5.74) is 1.57. The van der Waals surface area contributed by atoms with Gasteiger partial charge in [0, 0.05) is 6.07 Å². The summed E-state index contributed by atoms with van der Waals surface area (Å²) in [7, 11) is 1.56. The summed E-state index contributed by atoms with van der Waals surface area (Å²) in [6.07, 6.45) is 1.62. The summed E-state index contributed by atoms with van der Waals surface area (Å²) in [5, 5.41) is 11.9. The van der Waals surface area contributed by atoms with Crippen LogP contribution in [-0.2, 0) is 9.59 Å². The van der Waals surface area contributed by atoms with Crippen molar-refractivity contribution in [2.24, 2.45) is 0 Å². The van der Waals surface area contributed by atoms with Crippen LogP contribution in [-0.4, -0.2) is 36.5 Å². The van der Waals surface area contributed by atoms with Crippen LogP contribution in [0, 0.1) is 0 Å². The second kappa shape index (κ2) is 9.91. The van der Waals surface area contributed by atoms with Crippen LogP contribution in [0.3, 0.4) is 0 Å². The summed E-state index contributed by atoms with van der Waals surface area (Å²) in [6, 6.07) is 19.0. The second-order valence-electron chi connectivity index (χ2n) is 7.41. The van der Waals surface area contributed by atoms with Gasteiger partial charge in [-0.2, -0.15) is 0 Å². The van der Waals surface area contributed by atoms with Gasteiger partial charge in [0.25, 0.3) is 5.91 Å². The van der Waals surface area contributed by atoms with E-state index in [1.54, 1.807) is 67.8 Å². The van der Waals surface area contributed by atoms with Crippen molar-refractivity contribution in [1.29, 1.82) is 0 Å². The Bertz CT molecular complexity index is 1270. The summed E-state index contributed by atoms with van der Waals surface area (Å²) in [6.45, 7) is -0.407. The number of carboxylic acid groups (broad SMARTS) is 1. The van der Waals surface area contributed by atoms with Crippen LogP contribution in [0.4, 0.5) is 0 Å². The third kappa shape index (κ3) is 5.07. The number of hydrogen-bond acceptors (Lipinski definition) is 6. The van der Waals surface area contributed by atoms with Gasteiger partial charge in [0.1, 0.15) is 17.2 Å². The fraction of sp³-hybridized carbons (Fsp3) is 0.115. The molecule has 34 heavy (non-hydrogen) atoms. The van der Waals surface area contributed by atoms with Crippen LogP contribution in [0.25, 0.3) is 6.08 Å². The zero-order chi connectivity index (χ0) is 24.1. The molecule has 1 aliphatic heterocycles. The SMILES string of the molecule is COc1cccc(/C=C2\Oc3cc(OCC(=O)N[C@@H](C(=O)O)c4ccccc4)ccc3C2=O)c1. The standard InChI is InChI=1S/C26H21NO7/c1-32-18-9-5-6-16(12-18)13-22-25(29)20-11-10-19(14-21(20)34-22)33-15-23(28)27-24(26(30)31)17-7-3-2-4-8-17/h2-14,24H,15H2,1H3,(H,27,28)(H,30,31)/b22-13-/t24-/m1/s1. The number of benzene rings is 3. The minimum Gasteiger partial charge on any atom is -0.497 e. The van der Waals surface area contributed by atoms with Gasteiger partial charge < -0.3 is 24.6 Å². The highest BCUT2D eigenvalue weighted by Gasteiger charge is 2.28. The summed E-state index contributed by atoms with van der Waals surface area (Å²) < 4.78 is 16.4. The van der Waals surface area contributed by atoms with Crippen LogP contribution >= 0.6 is 0 Å². The van der Waals surface area contributed by atoms with Crippen molar-refractivity contribution in [3.63, 3.8) is 0 Å². The third-order valence-corrected chi connectivity index (χ3v) is 5.09. The highest BCUT2D eigenvalue weighted by molar-refractivity contribution is 6.14. The Morgan fingerprint density at radius 1 is 1.03 bits per heavy atom. The van der Waals surface area contributed by atoms with Crippen LogP contribution < -0.4 is 19.5 Å². The number of methoxy groups -OCH3 is 1. The van der Waals surface area contributed by atoms with E-state index in [1.165, 1.54) is 6.07 Å². The molecule has 8 nitrogen and oxygen atoms in total. The minimum atomic E-state index is -1.19. The van der Waals surface area contributed by atoms with Crippen LogP contribution in [0.5, 0.6) is 17.2 Å². The molecule has 2 N–H and O–H groups in total. The normalized spacial score (nSPS) is 14.1. The van der Waals surface area contributed by atoms with Crippen molar-refractivity contribution in [2.75, 3.05) is 13.7 Å². The Balaban J connectivity index is 1.41. The lowest BCUT2D eigenvalue weighted by Crippen LogP contribution is -2.36. The van der Waals surface area contributed by atoms with Crippen LogP contribution in [0.15, 0.2) is 78.6 Å². The van der Waals surface area contributed by atoms with Gasteiger partial charge in [0.2, 0.25) is 5.78 Å². The van der Waals surface area contributed by atoms with E-state index in [2.05, 4.69) is 5.32 Å². The topological polar surface area (TPSA) is 111 Å². The maximum atomic E-state index is 12.7. The average Bonchev–Trinajstić information content (AvgIpc) is 3.16. The number of Topliss-reactive ketones (excluding diaryl/α,β-unsaturated/α-hetero) is 1. The van der Waals surface area contributed by atoms with Gasteiger partial charge in [-0.05, 0) is 41.5 Å². The number of carboxylic acids is 1. The quantitative estimate of drug-likeness (QED) is 0.495. The molecule has 0 saturated carbocycles. The lowest BCUT2D eigenvalue weighted by atomic mass is 10.1. The van der Waals surface area contributed by atoms with Crippen molar-refractivity contribution in [3.05, 3.63) is 95.2 Å². The Labute approximate surface area is 195 Å². The Morgan fingerprint density at radius 2 is 1.82 bits per heavy atom. The molecule has 8 heteroatoms. The van der Waals surface area contributed by atoms with Crippen molar-refractivity contribution < 1.29 is 33.7 Å². The Morgan fingerprint density at radius 3 is 2.56 bits per heavy atom. The van der Waals surface area contributed by atoms with Crippen molar-refractivity contribution in [1.82, 2.24) is 5.32 Å². The van der Waals surface area contributed by atoms with E-state index in [4.69, 9.17) is 14.2 Å². The first-order valence-electron chi connectivity index (χ1n) is 10.4. The number of ether oxygens (including phenoxy) is 3. The molecule has 1 amide bonds. The molecule has 1 atom stereocenters. The zero-order valence-electron chi connectivity index (χ0n) is 18.2. The van der Waals surface area contributed by atoms with Crippen molar-refractivity contribution in [3.8, 4) is 17.2 Å².